The molecule has 6 heteroatoms. The molecule has 0 aliphatic carbocycles. The number of benzene rings is 2. The molecule has 1 atom stereocenters. The fourth-order valence-electron chi connectivity index (χ4n) is 1.99. The van der Waals surface area contributed by atoms with Gasteiger partial charge in [-0.3, -0.25) is 4.79 Å². The van der Waals surface area contributed by atoms with E-state index in [9.17, 15) is 13.2 Å². The van der Waals surface area contributed by atoms with E-state index in [0.29, 0.717) is 11.4 Å². The summed E-state index contributed by atoms with van der Waals surface area (Å²) in [5.74, 6) is -0.235. The van der Waals surface area contributed by atoms with Crippen molar-refractivity contribution in [1.82, 2.24) is 4.72 Å². The van der Waals surface area contributed by atoms with Crippen LogP contribution >= 0.6 is 11.6 Å². The largest absolute Gasteiger partial charge is 0.298 e. The zero-order chi connectivity index (χ0) is 16.2. The number of hydrogen-bond acceptors (Lipinski definition) is 3. The van der Waals surface area contributed by atoms with E-state index in [1.54, 1.807) is 0 Å². The Morgan fingerprint density at radius 2 is 1.68 bits per heavy atom. The van der Waals surface area contributed by atoms with Gasteiger partial charge in [-0.1, -0.05) is 41.9 Å². The van der Waals surface area contributed by atoms with Crippen LogP contribution < -0.4 is 4.72 Å². The second kappa shape index (κ2) is 7.05. The molecule has 116 valence electrons. The van der Waals surface area contributed by atoms with Crippen LogP contribution in [-0.2, 0) is 21.2 Å². The highest BCUT2D eigenvalue weighted by molar-refractivity contribution is 7.89. The standard InChI is InChI=1S/C16H16ClNO3S/c1-12(19)16(11-13-5-3-2-4-6-13)18-22(20,21)15-9-7-14(17)8-10-15/h2-10,16,18H,11H2,1H3/t16-/m1/s1. The number of rotatable bonds is 6. The number of halogens is 1. The highest BCUT2D eigenvalue weighted by Crippen LogP contribution is 2.15. The summed E-state index contributed by atoms with van der Waals surface area (Å²) in [6, 6.07) is 14.3. The lowest BCUT2D eigenvalue weighted by molar-refractivity contribution is -0.118. The van der Waals surface area contributed by atoms with Crippen LogP contribution in [-0.4, -0.2) is 20.2 Å². The van der Waals surface area contributed by atoms with Crippen molar-refractivity contribution in [2.75, 3.05) is 0 Å². The molecule has 0 aromatic heterocycles. The average Bonchev–Trinajstić information content (AvgIpc) is 2.48. The summed E-state index contributed by atoms with van der Waals surface area (Å²) in [4.78, 5) is 11.8. The summed E-state index contributed by atoms with van der Waals surface area (Å²) in [5, 5.41) is 0.450. The Kier molecular flexibility index (Phi) is 5.34. The lowest BCUT2D eigenvalue weighted by Gasteiger charge is -2.16. The van der Waals surface area contributed by atoms with E-state index in [0.717, 1.165) is 5.56 Å². The highest BCUT2D eigenvalue weighted by Gasteiger charge is 2.23. The van der Waals surface area contributed by atoms with Gasteiger partial charge in [0, 0.05) is 5.02 Å². The Bertz CT molecular complexity index is 743. The molecule has 0 aliphatic rings. The van der Waals surface area contributed by atoms with E-state index in [-0.39, 0.29) is 10.7 Å². The molecular formula is C16H16ClNO3S. The van der Waals surface area contributed by atoms with Crippen LogP contribution in [0.1, 0.15) is 12.5 Å². The molecule has 2 rings (SSSR count). The molecule has 4 nitrogen and oxygen atoms in total. The number of Topliss-reactive ketones (excluding diaryl/α,β-unsaturated/α-hetero) is 1. The van der Waals surface area contributed by atoms with Crippen molar-refractivity contribution in [3.63, 3.8) is 0 Å². The van der Waals surface area contributed by atoms with E-state index in [1.807, 2.05) is 30.3 Å². The van der Waals surface area contributed by atoms with Gasteiger partial charge >= 0.3 is 0 Å². The molecule has 2 aromatic carbocycles. The van der Waals surface area contributed by atoms with Crippen molar-refractivity contribution in [2.45, 2.75) is 24.3 Å². The lowest BCUT2D eigenvalue weighted by Crippen LogP contribution is -2.41. The molecule has 22 heavy (non-hydrogen) atoms. The molecule has 0 fully saturated rings. The summed E-state index contributed by atoms with van der Waals surface area (Å²) in [5.41, 5.74) is 0.890. The number of nitrogens with one attached hydrogen (secondary N) is 1. The van der Waals surface area contributed by atoms with Crippen LogP contribution in [0.5, 0.6) is 0 Å². The van der Waals surface area contributed by atoms with Crippen molar-refractivity contribution in [3.05, 3.63) is 65.2 Å². The second-order valence-corrected chi connectivity index (χ2v) is 7.08. The number of hydrogen-bond donors (Lipinski definition) is 1. The quantitative estimate of drug-likeness (QED) is 0.881. The highest BCUT2D eigenvalue weighted by atomic mass is 35.5. The minimum atomic E-state index is -3.77. The van der Waals surface area contributed by atoms with Gasteiger partial charge in [-0.05, 0) is 43.2 Å². The Balaban J connectivity index is 2.20. The first kappa shape index (κ1) is 16.7. The van der Waals surface area contributed by atoms with E-state index in [4.69, 9.17) is 11.6 Å². The zero-order valence-electron chi connectivity index (χ0n) is 12.0. The predicted molar refractivity (Wildman–Crippen MR) is 86.4 cm³/mol. The van der Waals surface area contributed by atoms with Crippen molar-refractivity contribution in [2.24, 2.45) is 0 Å². The molecule has 0 spiro atoms. The van der Waals surface area contributed by atoms with E-state index < -0.39 is 16.1 Å². The van der Waals surface area contributed by atoms with Crippen LogP contribution in [0.15, 0.2) is 59.5 Å². The normalized spacial score (nSPS) is 12.8. The first-order valence-corrected chi connectivity index (χ1v) is 8.57. The fraction of sp³-hybridized carbons (Fsp3) is 0.188. The van der Waals surface area contributed by atoms with E-state index in [1.165, 1.54) is 31.2 Å². The van der Waals surface area contributed by atoms with Gasteiger partial charge in [0.15, 0.2) is 0 Å². The number of sulfonamides is 1. The van der Waals surface area contributed by atoms with Gasteiger partial charge in [-0.25, -0.2) is 13.1 Å². The van der Waals surface area contributed by atoms with Crippen LogP contribution in [0, 0.1) is 0 Å². The van der Waals surface area contributed by atoms with Gasteiger partial charge in [-0.15, -0.1) is 0 Å². The molecule has 0 radical (unpaired) electrons. The second-order valence-electron chi connectivity index (χ2n) is 4.93. The maximum absolute atomic E-state index is 12.3. The van der Waals surface area contributed by atoms with Crippen LogP contribution in [0.2, 0.25) is 5.02 Å². The maximum Gasteiger partial charge on any atom is 0.241 e. The number of carbonyl (C=O) groups is 1. The molecule has 0 bridgehead atoms. The first-order valence-electron chi connectivity index (χ1n) is 6.71. The zero-order valence-corrected chi connectivity index (χ0v) is 13.6. The van der Waals surface area contributed by atoms with Gasteiger partial charge in [0.2, 0.25) is 10.0 Å². The van der Waals surface area contributed by atoms with Crippen LogP contribution in [0.25, 0.3) is 0 Å². The Morgan fingerprint density at radius 1 is 1.09 bits per heavy atom. The van der Waals surface area contributed by atoms with Gasteiger partial charge in [-0.2, -0.15) is 0 Å². The van der Waals surface area contributed by atoms with Crippen molar-refractivity contribution >= 4 is 27.4 Å². The monoisotopic (exact) mass is 337 g/mol. The maximum atomic E-state index is 12.3. The molecule has 0 saturated heterocycles. The smallest absolute Gasteiger partial charge is 0.241 e. The SMILES string of the molecule is CC(=O)[C@@H](Cc1ccccc1)NS(=O)(=O)c1ccc(Cl)cc1. The van der Waals surface area contributed by atoms with Gasteiger partial charge in [0.25, 0.3) is 0 Å². The average molecular weight is 338 g/mol. The van der Waals surface area contributed by atoms with Crippen LogP contribution in [0.3, 0.4) is 0 Å². The third-order valence-corrected chi connectivity index (χ3v) is 4.93. The van der Waals surface area contributed by atoms with E-state index in [2.05, 4.69) is 4.72 Å². The predicted octanol–water partition coefficient (Wildman–Crippen LogP) is 2.82. The van der Waals surface area contributed by atoms with Crippen LogP contribution in [0.4, 0.5) is 0 Å². The third kappa shape index (κ3) is 4.40. The molecular weight excluding hydrogens is 322 g/mol. The lowest BCUT2D eigenvalue weighted by atomic mass is 10.0. The summed E-state index contributed by atoms with van der Waals surface area (Å²) < 4.78 is 27.1. The van der Waals surface area contributed by atoms with Gasteiger partial charge in [0.05, 0.1) is 10.9 Å². The van der Waals surface area contributed by atoms with Gasteiger partial charge < -0.3 is 0 Å². The Labute approximate surface area is 135 Å². The number of ketones is 1. The number of carbonyl (C=O) groups excluding carboxylic acids is 1. The minimum Gasteiger partial charge on any atom is -0.298 e. The Morgan fingerprint density at radius 3 is 2.23 bits per heavy atom. The summed E-state index contributed by atoms with van der Waals surface area (Å²) in [6.07, 6.45) is 0.309. The fourth-order valence-corrected chi connectivity index (χ4v) is 3.37. The van der Waals surface area contributed by atoms with Crippen molar-refractivity contribution < 1.29 is 13.2 Å². The van der Waals surface area contributed by atoms with Gasteiger partial charge in [0.1, 0.15) is 5.78 Å². The van der Waals surface area contributed by atoms with Crippen molar-refractivity contribution in [3.8, 4) is 0 Å². The van der Waals surface area contributed by atoms with E-state index >= 15 is 0 Å². The third-order valence-electron chi connectivity index (χ3n) is 3.19. The topological polar surface area (TPSA) is 63.2 Å². The first-order chi connectivity index (χ1) is 10.4. The molecule has 0 saturated carbocycles. The molecule has 0 unspecified atom stereocenters. The molecule has 2 aromatic rings. The molecule has 0 aliphatic heterocycles. The Hall–Kier alpha value is -1.69. The molecule has 0 heterocycles. The minimum absolute atomic E-state index is 0.0798. The molecule has 0 amide bonds. The summed E-state index contributed by atoms with van der Waals surface area (Å²) in [6.45, 7) is 1.37. The summed E-state index contributed by atoms with van der Waals surface area (Å²) >= 11 is 5.76. The van der Waals surface area contributed by atoms with Crippen molar-refractivity contribution in [1.29, 1.82) is 0 Å². The summed E-state index contributed by atoms with van der Waals surface area (Å²) in [7, 11) is -3.77. The molecule has 1 N–H and O–H groups in total.